The van der Waals surface area contributed by atoms with Crippen LogP contribution in [0.3, 0.4) is 0 Å². The van der Waals surface area contributed by atoms with Crippen LogP contribution in [0.5, 0.6) is 0 Å². The SMILES string of the molecule is Cc1ccn(O)c(=O)c1C1CC2CCC1C2. The number of hydrogen-bond donors (Lipinski definition) is 1. The fraction of sp³-hybridized carbons (Fsp3) is 0.615. The lowest BCUT2D eigenvalue weighted by molar-refractivity contribution is 0.172. The highest BCUT2D eigenvalue weighted by Gasteiger charge is 2.41. The second-order valence-corrected chi connectivity index (χ2v) is 5.34. The van der Waals surface area contributed by atoms with E-state index >= 15 is 0 Å². The van der Waals surface area contributed by atoms with Gasteiger partial charge < -0.3 is 5.21 Å². The average molecular weight is 219 g/mol. The van der Waals surface area contributed by atoms with Crippen molar-refractivity contribution >= 4 is 0 Å². The third-order valence-corrected chi connectivity index (χ3v) is 4.44. The maximum Gasteiger partial charge on any atom is 0.286 e. The number of fused-ring (bicyclic) bond motifs is 2. The lowest BCUT2D eigenvalue weighted by atomic mass is 9.82. The molecule has 1 N–H and O–H groups in total. The first-order valence-corrected chi connectivity index (χ1v) is 6.08. The molecule has 0 amide bonds. The number of hydrogen-bond acceptors (Lipinski definition) is 2. The third-order valence-electron chi connectivity index (χ3n) is 4.44. The largest absolute Gasteiger partial charge is 0.425 e. The van der Waals surface area contributed by atoms with Gasteiger partial charge >= 0.3 is 0 Å². The zero-order valence-corrected chi connectivity index (χ0v) is 9.52. The molecule has 2 bridgehead atoms. The molecule has 2 aliphatic carbocycles. The first-order chi connectivity index (χ1) is 7.66. The summed E-state index contributed by atoms with van der Waals surface area (Å²) in [5.41, 5.74) is 1.68. The molecule has 2 saturated carbocycles. The second-order valence-electron chi connectivity index (χ2n) is 5.34. The van der Waals surface area contributed by atoms with Crippen molar-refractivity contribution < 1.29 is 5.21 Å². The Hall–Kier alpha value is -1.25. The summed E-state index contributed by atoms with van der Waals surface area (Å²) in [6.45, 7) is 1.97. The number of nitrogens with zero attached hydrogens (tertiary/aromatic N) is 1. The molecule has 1 heterocycles. The van der Waals surface area contributed by atoms with Crippen LogP contribution in [0.4, 0.5) is 0 Å². The van der Waals surface area contributed by atoms with Crippen molar-refractivity contribution in [2.75, 3.05) is 0 Å². The highest BCUT2D eigenvalue weighted by atomic mass is 16.5. The molecule has 3 nitrogen and oxygen atoms in total. The Labute approximate surface area is 94.7 Å². The van der Waals surface area contributed by atoms with Gasteiger partial charge in [0, 0.05) is 11.8 Å². The van der Waals surface area contributed by atoms with Crippen molar-refractivity contribution in [3.63, 3.8) is 0 Å². The van der Waals surface area contributed by atoms with Crippen LogP contribution in [0.2, 0.25) is 0 Å². The first kappa shape index (κ1) is 9.94. The van der Waals surface area contributed by atoms with E-state index in [0.29, 0.717) is 11.8 Å². The number of rotatable bonds is 1. The van der Waals surface area contributed by atoms with Gasteiger partial charge in [0.2, 0.25) is 0 Å². The summed E-state index contributed by atoms with van der Waals surface area (Å²) in [4.78, 5) is 12.0. The summed E-state index contributed by atoms with van der Waals surface area (Å²) in [6, 6.07) is 1.84. The predicted molar refractivity (Wildman–Crippen MR) is 60.8 cm³/mol. The zero-order chi connectivity index (χ0) is 11.3. The lowest BCUT2D eigenvalue weighted by Gasteiger charge is -2.22. The normalized spacial score (nSPS) is 32.2. The van der Waals surface area contributed by atoms with Crippen LogP contribution in [0.15, 0.2) is 17.1 Å². The highest BCUT2D eigenvalue weighted by molar-refractivity contribution is 5.28. The minimum Gasteiger partial charge on any atom is -0.425 e. The van der Waals surface area contributed by atoms with Crippen LogP contribution in [0.1, 0.15) is 42.7 Å². The van der Waals surface area contributed by atoms with E-state index in [1.807, 2.05) is 13.0 Å². The van der Waals surface area contributed by atoms with Gasteiger partial charge in [-0.1, -0.05) is 6.42 Å². The Morgan fingerprint density at radius 3 is 2.81 bits per heavy atom. The molecule has 0 aliphatic heterocycles. The minimum absolute atomic E-state index is 0.211. The molecule has 1 aromatic rings. The summed E-state index contributed by atoms with van der Waals surface area (Å²) in [5.74, 6) is 1.89. The van der Waals surface area contributed by atoms with Gasteiger partial charge in [0.05, 0.1) is 0 Å². The standard InChI is InChI=1S/C13H17NO2/c1-8-4-5-14(16)13(15)12(8)11-7-9-2-3-10(11)6-9/h4-5,9-11,16H,2-3,6-7H2,1H3. The third kappa shape index (κ3) is 1.30. The van der Waals surface area contributed by atoms with Crippen LogP contribution in [0, 0.1) is 18.8 Å². The van der Waals surface area contributed by atoms with Gasteiger partial charge in [-0.05, 0) is 55.6 Å². The second kappa shape index (κ2) is 3.37. The molecule has 3 atom stereocenters. The number of pyridine rings is 1. The van der Waals surface area contributed by atoms with Crippen molar-refractivity contribution in [3.8, 4) is 0 Å². The summed E-state index contributed by atoms with van der Waals surface area (Å²) in [5, 5.41) is 9.46. The van der Waals surface area contributed by atoms with Gasteiger partial charge in [-0.15, -0.1) is 0 Å². The molecule has 3 heteroatoms. The quantitative estimate of drug-likeness (QED) is 0.736. The van der Waals surface area contributed by atoms with E-state index < -0.39 is 0 Å². The van der Waals surface area contributed by atoms with E-state index in [1.54, 1.807) is 0 Å². The first-order valence-electron chi connectivity index (χ1n) is 6.08. The van der Waals surface area contributed by atoms with Gasteiger partial charge in [0.15, 0.2) is 0 Å². The van der Waals surface area contributed by atoms with Crippen LogP contribution >= 0.6 is 0 Å². The molecule has 0 radical (unpaired) electrons. The molecule has 0 aromatic carbocycles. The van der Waals surface area contributed by atoms with Gasteiger partial charge in [-0.25, -0.2) is 0 Å². The van der Waals surface area contributed by atoms with E-state index in [-0.39, 0.29) is 5.56 Å². The summed E-state index contributed by atoms with van der Waals surface area (Å²) < 4.78 is 0.730. The molecule has 0 saturated heterocycles. The van der Waals surface area contributed by atoms with E-state index in [0.717, 1.165) is 28.2 Å². The van der Waals surface area contributed by atoms with Crippen LogP contribution in [0.25, 0.3) is 0 Å². The molecular weight excluding hydrogens is 202 g/mol. The molecule has 2 aliphatic rings. The molecule has 0 spiro atoms. The Morgan fingerprint density at radius 2 is 2.19 bits per heavy atom. The maximum absolute atomic E-state index is 12.0. The molecule has 3 unspecified atom stereocenters. The van der Waals surface area contributed by atoms with E-state index in [1.165, 1.54) is 25.5 Å². The number of aromatic nitrogens is 1. The smallest absolute Gasteiger partial charge is 0.286 e. The molecule has 16 heavy (non-hydrogen) atoms. The number of aryl methyl sites for hydroxylation is 1. The zero-order valence-electron chi connectivity index (χ0n) is 9.52. The topological polar surface area (TPSA) is 42.2 Å². The van der Waals surface area contributed by atoms with Gasteiger partial charge in [0.25, 0.3) is 5.56 Å². The Kier molecular flexibility index (Phi) is 2.09. The van der Waals surface area contributed by atoms with Gasteiger partial charge in [-0.3, -0.25) is 4.79 Å². The Bertz CT molecular complexity index is 477. The van der Waals surface area contributed by atoms with Gasteiger partial charge in [0.1, 0.15) is 0 Å². The molecule has 2 fully saturated rings. The minimum atomic E-state index is -0.211. The molecular formula is C13H17NO2. The molecule has 1 aromatic heterocycles. The fourth-order valence-electron chi connectivity index (χ4n) is 3.68. The molecule has 86 valence electrons. The van der Waals surface area contributed by atoms with Gasteiger partial charge in [-0.2, -0.15) is 4.73 Å². The summed E-state index contributed by atoms with van der Waals surface area (Å²) in [7, 11) is 0. The van der Waals surface area contributed by atoms with Crippen LogP contribution in [-0.2, 0) is 0 Å². The van der Waals surface area contributed by atoms with Crippen molar-refractivity contribution in [2.45, 2.75) is 38.5 Å². The fourth-order valence-corrected chi connectivity index (χ4v) is 3.68. The van der Waals surface area contributed by atoms with E-state index in [4.69, 9.17) is 0 Å². The Morgan fingerprint density at radius 1 is 1.38 bits per heavy atom. The maximum atomic E-state index is 12.0. The van der Waals surface area contributed by atoms with E-state index in [9.17, 15) is 10.0 Å². The average Bonchev–Trinajstić information content (AvgIpc) is 2.86. The monoisotopic (exact) mass is 219 g/mol. The van der Waals surface area contributed by atoms with Crippen molar-refractivity contribution in [1.29, 1.82) is 0 Å². The van der Waals surface area contributed by atoms with Crippen LogP contribution in [-0.4, -0.2) is 9.94 Å². The van der Waals surface area contributed by atoms with Crippen molar-refractivity contribution in [2.24, 2.45) is 11.8 Å². The van der Waals surface area contributed by atoms with Crippen LogP contribution < -0.4 is 5.56 Å². The van der Waals surface area contributed by atoms with Crippen molar-refractivity contribution in [3.05, 3.63) is 33.7 Å². The van der Waals surface area contributed by atoms with Crippen molar-refractivity contribution in [1.82, 2.24) is 4.73 Å². The Balaban J connectivity index is 2.07. The molecule has 3 rings (SSSR count). The summed E-state index contributed by atoms with van der Waals surface area (Å²) >= 11 is 0. The van der Waals surface area contributed by atoms with E-state index in [2.05, 4.69) is 0 Å². The summed E-state index contributed by atoms with van der Waals surface area (Å²) in [6.07, 6.45) is 6.46. The lowest BCUT2D eigenvalue weighted by Crippen LogP contribution is -2.26. The predicted octanol–water partition coefficient (Wildman–Crippen LogP) is 2.30. The highest BCUT2D eigenvalue weighted by Crippen LogP contribution is 2.52.